The number of carbonyl (C=O) groups excluding carboxylic acids is 1. The largest absolute Gasteiger partial charge is 0.481 e. The Hall–Kier alpha value is -5.04. The first-order chi connectivity index (χ1) is 19.5. The molecule has 2 aromatic heterocycles. The Morgan fingerprint density at radius 1 is 0.900 bits per heavy atom. The molecule has 6 rings (SSSR count). The van der Waals surface area contributed by atoms with Crippen LogP contribution in [0, 0.1) is 0 Å². The molecule has 0 aliphatic heterocycles. The number of rotatable bonds is 8. The van der Waals surface area contributed by atoms with Gasteiger partial charge in [0.25, 0.3) is 5.91 Å². The minimum absolute atomic E-state index is 0.0141. The number of hydrogen-bond donors (Lipinski definition) is 2. The van der Waals surface area contributed by atoms with Crippen LogP contribution in [0.4, 0.5) is 0 Å². The number of imidazole rings is 1. The van der Waals surface area contributed by atoms with E-state index >= 15 is 0 Å². The van der Waals surface area contributed by atoms with Crippen molar-refractivity contribution < 1.29 is 14.7 Å². The standard InChI is InChI=1S/C33H28N4O3/c1-21(23-16-15-22-8-2-3-9-24(22)18-23)35-33(40)27-12-6-13-29-31(27)37(17-7-14-30(38)39)32(36-29)28-20-34-19-25-10-4-5-11-26(25)28/h2-6,8-13,15-16,18-21H,7,14,17H2,1H3,(H,35,40)(H,38,39)/t21-/m0/s1. The minimum Gasteiger partial charge on any atom is -0.481 e. The number of aliphatic carboxylic acids is 1. The lowest BCUT2D eigenvalue weighted by Crippen LogP contribution is -2.27. The van der Waals surface area contributed by atoms with E-state index in [0.717, 1.165) is 32.7 Å². The van der Waals surface area contributed by atoms with Gasteiger partial charge in [0.15, 0.2) is 0 Å². The molecule has 0 saturated carbocycles. The lowest BCUT2D eigenvalue weighted by molar-refractivity contribution is -0.137. The molecule has 2 N–H and O–H groups in total. The third-order valence-corrected chi connectivity index (χ3v) is 7.31. The molecule has 4 aromatic carbocycles. The summed E-state index contributed by atoms with van der Waals surface area (Å²) in [5.74, 6) is -0.416. The van der Waals surface area contributed by atoms with E-state index in [0.29, 0.717) is 35.4 Å². The van der Waals surface area contributed by atoms with E-state index in [1.807, 2.05) is 72.3 Å². The molecular formula is C33H28N4O3. The first-order valence-electron chi connectivity index (χ1n) is 13.3. The lowest BCUT2D eigenvalue weighted by atomic mass is 10.0. The zero-order chi connectivity index (χ0) is 27.6. The summed E-state index contributed by atoms with van der Waals surface area (Å²) < 4.78 is 1.97. The number of aromatic nitrogens is 3. The molecule has 0 fully saturated rings. The highest BCUT2D eigenvalue weighted by Gasteiger charge is 2.22. The van der Waals surface area contributed by atoms with E-state index in [4.69, 9.17) is 4.98 Å². The molecule has 0 unspecified atom stereocenters. The first kappa shape index (κ1) is 25.2. The van der Waals surface area contributed by atoms with E-state index in [2.05, 4.69) is 34.6 Å². The Balaban J connectivity index is 1.42. The summed E-state index contributed by atoms with van der Waals surface area (Å²) in [5, 5.41) is 16.7. The minimum atomic E-state index is -0.861. The Morgan fingerprint density at radius 3 is 2.50 bits per heavy atom. The molecule has 6 aromatic rings. The van der Waals surface area contributed by atoms with Gasteiger partial charge in [0.2, 0.25) is 0 Å². The molecule has 40 heavy (non-hydrogen) atoms. The molecule has 0 aliphatic rings. The number of hydrogen-bond acceptors (Lipinski definition) is 4. The average molecular weight is 529 g/mol. The number of para-hydroxylation sites is 1. The molecule has 2 heterocycles. The molecule has 1 atom stereocenters. The third-order valence-electron chi connectivity index (χ3n) is 7.31. The highest BCUT2D eigenvalue weighted by molar-refractivity contribution is 6.06. The van der Waals surface area contributed by atoms with Crippen molar-refractivity contribution in [1.82, 2.24) is 19.9 Å². The highest BCUT2D eigenvalue weighted by atomic mass is 16.4. The van der Waals surface area contributed by atoms with Crippen LogP contribution in [0.25, 0.3) is 44.0 Å². The number of nitrogens with zero attached hydrogens (tertiary/aromatic N) is 3. The van der Waals surface area contributed by atoms with Crippen LogP contribution in [-0.2, 0) is 11.3 Å². The number of carboxylic acid groups (broad SMARTS) is 1. The first-order valence-corrected chi connectivity index (χ1v) is 13.3. The maximum atomic E-state index is 13.7. The Bertz CT molecular complexity index is 1890. The fourth-order valence-electron chi connectivity index (χ4n) is 5.31. The summed E-state index contributed by atoms with van der Waals surface area (Å²) in [6.45, 7) is 2.37. The zero-order valence-electron chi connectivity index (χ0n) is 22.0. The summed E-state index contributed by atoms with van der Waals surface area (Å²) in [6.07, 6.45) is 4.00. The van der Waals surface area contributed by atoms with E-state index in [1.54, 1.807) is 12.3 Å². The maximum Gasteiger partial charge on any atom is 0.303 e. The summed E-state index contributed by atoms with van der Waals surface area (Å²) >= 11 is 0. The van der Waals surface area contributed by atoms with Crippen LogP contribution in [0.1, 0.15) is 41.7 Å². The molecule has 0 aliphatic carbocycles. The molecule has 198 valence electrons. The van der Waals surface area contributed by atoms with Crippen molar-refractivity contribution in [1.29, 1.82) is 0 Å². The number of pyridine rings is 1. The Morgan fingerprint density at radius 2 is 1.68 bits per heavy atom. The van der Waals surface area contributed by atoms with Gasteiger partial charge < -0.3 is 15.0 Å². The summed E-state index contributed by atoms with van der Waals surface area (Å²) in [6, 6.07) is 27.6. The van der Waals surface area contributed by atoms with E-state index in [-0.39, 0.29) is 18.4 Å². The van der Waals surface area contributed by atoms with Gasteiger partial charge >= 0.3 is 5.97 Å². The van der Waals surface area contributed by atoms with E-state index in [9.17, 15) is 14.7 Å². The molecule has 7 nitrogen and oxygen atoms in total. The van der Waals surface area contributed by atoms with Crippen LogP contribution < -0.4 is 5.32 Å². The average Bonchev–Trinajstić information content (AvgIpc) is 3.34. The van der Waals surface area contributed by atoms with E-state index < -0.39 is 5.97 Å². The predicted molar refractivity (Wildman–Crippen MR) is 157 cm³/mol. The van der Waals surface area contributed by atoms with Gasteiger partial charge in [-0.15, -0.1) is 0 Å². The van der Waals surface area contributed by atoms with Gasteiger partial charge in [-0.1, -0.05) is 66.7 Å². The monoisotopic (exact) mass is 528 g/mol. The molecule has 0 radical (unpaired) electrons. The Labute approximate surface area is 231 Å². The van der Waals surface area contributed by atoms with Crippen LogP contribution in [0.15, 0.2) is 97.3 Å². The van der Waals surface area contributed by atoms with Gasteiger partial charge in [0, 0.05) is 36.3 Å². The summed E-state index contributed by atoms with van der Waals surface area (Å²) in [7, 11) is 0. The second kappa shape index (κ2) is 10.6. The zero-order valence-corrected chi connectivity index (χ0v) is 22.0. The van der Waals surface area contributed by atoms with Crippen molar-refractivity contribution in [3.05, 3.63) is 108 Å². The topological polar surface area (TPSA) is 97.1 Å². The summed E-state index contributed by atoms with van der Waals surface area (Å²) in [4.78, 5) is 34.4. The number of aryl methyl sites for hydroxylation is 1. The fourth-order valence-corrected chi connectivity index (χ4v) is 5.31. The second-order valence-corrected chi connectivity index (χ2v) is 9.97. The van der Waals surface area contributed by atoms with Gasteiger partial charge in [-0.05, 0) is 53.3 Å². The van der Waals surface area contributed by atoms with Crippen molar-refractivity contribution in [2.75, 3.05) is 0 Å². The van der Waals surface area contributed by atoms with Crippen LogP contribution in [-0.4, -0.2) is 31.5 Å². The number of carbonyl (C=O) groups is 2. The maximum absolute atomic E-state index is 13.7. The lowest BCUT2D eigenvalue weighted by Gasteiger charge is -2.17. The number of amides is 1. The van der Waals surface area contributed by atoms with Crippen molar-refractivity contribution in [3.63, 3.8) is 0 Å². The third kappa shape index (κ3) is 4.78. The number of fused-ring (bicyclic) bond motifs is 3. The molecule has 0 saturated heterocycles. The van der Waals surface area contributed by atoms with Gasteiger partial charge in [0.1, 0.15) is 5.82 Å². The van der Waals surface area contributed by atoms with Crippen LogP contribution >= 0.6 is 0 Å². The van der Waals surface area contributed by atoms with Gasteiger partial charge in [-0.2, -0.15) is 0 Å². The smallest absolute Gasteiger partial charge is 0.303 e. The number of nitrogens with one attached hydrogen (secondary N) is 1. The number of benzene rings is 4. The van der Waals surface area contributed by atoms with Crippen molar-refractivity contribution in [2.24, 2.45) is 0 Å². The number of carboxylic acids is 1. The van der Waals surface area contributed by atoms with Gasteiger partial charge in [-0.3, -0.25) is 14.6 Å². The molecule has 1 amide bonds. The SMILES string of the molecule is C[C@H](NC(=O)c1cccc2nc(-c3cncc4ccccc34)n(CCCC(=O)O)c12)c1ccc2ccccc2c1. The Kier molecular flexibility index (Phi) is 6.70. The van der Waals surface area contributed by atoms with Crippen molar-refractivity contribution in [3.8, 4) is 11.4 Å². The van der Waals surface area contributed by atoms with Gasteiger partial charge in [0.05, 0.1) is 22.6 Å². The predicted octanol–water partition coefficient (Wildman–Crippen LogP) is 6.76. The highest BCUT2D eigenvalue weighted by Crippen LogP contribution is 2.32. The quantitative estimate of drug-likeness (QED) is 0.227. The summed E-state index contributed by atoms with van der Waals surface area (Å²) in [5.41, 5.74) is 3.69. The molecular weight excluding hydrogens is 500 g/mol. The molecule has 0 spiro atoms. The fraction of sp³-hybridized carbons (Fsp3) is 0.152. The normalized spacial score (nSPS) is 12.1. The van der Waals surface area contributed by atoms with E-state index in [1.165, 1.54) is 0 Å². The van der Waals surface area contributed by atoms with Crippen molar-refractivity contribution in [2.45, 2.75) is 32.4 Å². The van der Waals surface area contributed by atoms with Gasteiger partial charge in [-0.25, -0.2) is 4.98 Å². The second-order valence-electron chi connectivity index (χ2n) is 9.97. The van der Waals surface area contributed by atoms with Crippen LogP contribution in [0.2, 0.25) is 0 Å². The van der Waals surface area contributed by atoms with Crippen LogP contribution in [0.3, 0.4) is 0 Å². The molecule has 0 bridgehead atoms. The molecule has 7 heteroatoms. The van der Waals surface area contributed by atoms with Crippen LogP contribution in [0.5, 0.6) is 0 Å². The van der Waals surface area contributed by atoms with Crippen molar-refractivity contribution >= 4 is 44.5 Å².